The number of halogens is 1. The number of anilines is 1. The van der Waals surface area contributed by atoms with Gasteiger partial charge < -0.3 is 30.4 Å². The Hall–Kier alpha value is -3.95. The average molecular weight is 521 g/mol. The van der Waals surface area contributed by atoms with E-state index in [1.807, 2.05) is 26.0 Å². The Morgan fingerprint density at radius 3 is 2.55 bits per heavy atom. The summed E-state index contributed by atoms with van der Waals surface area (Å²) < 4.78 is 19.3. The third-order valence-corrected chi connectivity index (χ3v) is 6.74. The summed E-state index contributed by atoms with van der Waals surface area (Å²) in [7, 11) is 1.57. The Morgan fingerprint density at radius 1 is 1.18 bits per heavy atom. The van der Waals surface area contributed by atoms with Crippen molar-refractivity contribution in [1.29, 1.82) is 0 Å². The van der Waals surface area contributed by atoms with Crippen molar-refractivity contribution in [1.82, 2.24) is 15.2 Å². The zero-order chi connectivity index (χ0) is 27.4. The van der Waals surface area contributed by atoms with Crippen LogP contribution in [0.5, 0.6) is 5.75 Å². The summed E-state index contributed by atoms with van der Waals surface area (Å²) >= 11 is 0. The zero-order valence-corrected chi connectivity index (χ0v) is 22.0. The van der Waals surface area contributed by atoms with E-state index in [4.69, 9.17) is 4.74 Å². The first-order valence-electron chi connectivity index (χ1n) is 12.6. The summed E-state index contributed by atoms with van der Waals surface area (Å²) in [5.41, 5.74) is 4.11. The van der Waals surface area contributed by atoms with Crippen LogP contribution in [0.3, 0.4) is 0 Å². The molecule has 38 heavy (non-hydrogen) atoms. The number of methoxy groups -OCH3 is 1. The molecule has 2 aromatic carbocycles. The second-order valence-corrected chi connectivity index (χ2v) is 9.19. The molecule has 1 aromatic heterocycles. The topological polar surface area (TPSA) is 107 Å². The number of aliphatic hydroxyl groups is 1. The number of carbonyl (C=O) groups excluding carboxylic acids is 2. The molecule has 1 atom stereocenters. The number of rotatable bonds is 10. The number of benzene rings is 2. The molecule has 0 saturated heterocycles. The van der Waals surface area contributed by atoms with Crippen LogP contribution in [0.15, 0.2) is 42.5 Å². The molecule has 200 valence electrons. The van der Waals surface area contributed by atoms with Crippen LogP contribution < -0.4 is 15.4 Å². The van der Waals surface area contributed by atoms with Gasteiger partial charge in [-0.05, 0) is 62.0 Å². The number of aryl methyl sites for hydroxylation is 1. The van der Waals surface area contributed by atoms with Crippen LogP contribution in [0, 0.1) is 12.7 Å². The van der Waals surface area contributed by atoms with Crippen molar-refractivity contribution in [2.24, 2.45) is 0 Å². The molecule has 2 amide bonds. The lowest BCUT2D eigenvalue weighted by molar-refractivity contribution is -0.110. The molecule has 0 fully saturated rings. The van der Waals surface area contributed by atoms with Gasteiger partial charge in [0.1, 0.15) is 11.6 Å². The lowest BCUT2D eigenvalue weighted by Gasteiger charge is -2.22. The van der Waals surface area contributed by atoms with Crippen molar-refractivity contribution in [2.45, 2.75) is 26.9 Å². The van der Waals surface area contributed by atoms with Crippen molar-refractivity contribution < 1.29 is 23.8 Å². The lowest BCUT2D eigenvalue weighted by Crippen LogP contribution is -2.40. The van der Waals surface area contributed by atoms with Crippen LogP contribution in [0.1, 0.15) is 41.2 Å². The van der Waals surface area contributed by atoms with Gasteiger partial charge in [-0.15, -0.1) is 0 Å². The molecule has 4 rings (SSSR count). The van der Waals surface area contributed by atoms with E-state index in [0.29, 0.717) is 46.1 Å². The van der Waals surface area contributed by atoms with Gasteiger partial charge in [-0.2, -0.15) is 0 Å². The van der Waals surface area contributed by atoms with Crippen molar-refractivity contribution in [2.75, 3.05) is 38.6 Å². The Labute approximate surface area is 221 Å². The number of H-pyrrole nitrogens is 1. The molecule has 0 bridgehead atoms. The number of fused-ring (bicyclic) bond motifs is 1. The van der Waals surface area contributed by atoms with Gasteiger partial charge in [0.25, 0.3) is 11.8 Å². The number of ether oxygens (including phenoxy) is 1. The van der Waals surface area contributed by atoms with E-state index in [-0.39, 0.29) is 23.9 Å². The number of hydrogen-bond donors (Lipinski definition) is 4. The number of aromatic nitrogens is 1. The Kier molecular flexibility index (Phi) is 8.29. The number of likely N-dealkylation sites (N-methyl/N-ethyl adjacent to an activating group) is 1. The third-order valence-electron chi connectivity index (χ3n) is 6.74. The first-order valence-corrected chi connectivity index (χ1v) is 12.6. The van der Waals surface area contributed by atoms with Crippen LogP contribution in [-0.2, 0) is 4.79 Å². The number of amides is 2. The Bertz CT molecular complexity index is 1360. The minimum Gasteiger partial charge on any atom is -0.497 e. The van der Waals surface area contributed by atoms with Gasteiger partial charge >= 0.3 is 0 Å². The van der Waals surface area contributed by atoms with Gasteiger partial charge in [0.15, 0.2) is 0 Å². The zero-order valence-electron chi connectivity index (χ0n) is 22.0. The van der Waals surface area contributed by atoms with Crippen molar-refractivity contribution in [3.8, 4) is 16.9 Å². The van der Waals surface area contributed by atoms with Crippen LogP contribution in [0.2, 0.25) is 0 Å². The number of aliphatic hydroxyl groups excluding tert-OH is 1. The number of aromatic amines is 1. The van der Waals surface area contributed by atoms with Crippen LogP contribution in [-0.4, -0.2) is 66.2 Å². The lowest BCUT2D eigenvalue weighted by atomic mass is 9.97. The molecule has 1 aliphatic rings. The summed E-state index contributed by atoms with van der Waals surface area (Å²) in [5.74, 6) is -0.502. The van der Waals surface area contributed by atoms with Gasteiger partial charge in [-0.25, -0.2) is 4.39 Å². The monoisotopic (exact) mass is 520 g/mol. The van der Waals surface area contributed by atoms with Crippen LogP contribution in [0.25, 0.3) is 22.8 Å². The molecule has 0 radical (unpaired) electrons. The first-order chi connectivity index (χ1) is 18.2. The fourth-order valence-electron chi connectivity index (χ4n) is 4.69. The van der Waals surface area contributed by atoms with E-state index in [9.17, 15) is 19.1 Å². The highest BCUT2D eigenvalue weighted by atomic mass is 19.1. The molecule has 0 aliphatic carbocycles. The number of nitrogens with zero attached hydrogens (tertiary/aromatic N) is 1. The first kappa shape index (κ1) is 27.1. The number of carbonyl (C=O) groups is 2. The highest BCUT2D eigenvalue weighted by molar-refractivity contribution is 6.35. The molecule has 8 nitrogen and oxygen atoms in total. The fourth-order valence-corrected chi connectivity index (χ4v) is 4.69. The Morgan fingerprint density at radius 2 is 1.89 bits per heavy atom. The minimum atomic E-state index is -0.724. The molecule has 3 aromatic rings. The maximum atomic E-state index is 14.0. The SMILES string of the molecule is CCN(CC)CC(O)CNC(=O)c1c(C)[nH]c(/C=C2\C(=O)Nc3ccc(F)cc32)c1-c1ccc(OC)cc1. The second-order valence-electron chi connectivity index (χ2n) is 9.19. The van der Waals surface area contributed by atoms with E-state index >= 15 is 0 Å². The summed E-state index contributed by atoms with van der Waals surface area (Å²) in [4.78, 5) is 31.5. The van der Waals surface area contributed by atoms with Crippen LogP contribution in [0.4, 0.5) is 10.1 Å². The smallest absolute Gasteiger partial charge is 0.256 e. The van der Waals surface area contributed by atoms with Crippen molar-refractivity contribution in [3.63, 3.8) is 0 Å². The van der Waals surface area contributed by atoms with Crippen molar-refractivity contribution >= 4 is 29.2 Å². The molecule has 1 unspecified atom stereocenters. The van der Waals surface area contributed by atoms with Crippen LogP contribution >= 0.6 is 0 Å². The van der Waals surface area contributed by atoms with E-state index in [0.717, 1.165) is 18.7 Å². The number of hydrogen-bond acceptors (Lipinski definition) is 5. The van der Waals surface area contributed by atoms with Gasteiger partial charge in [-0.1, -0.05) is 26.0 Å². The van der Waals surface area contributed by atoms with Gasteiger partial charge in [0, 0.05) is 41.3 Å². The van der Waals surface area contributed by atoms with Crippen molar-refractivity contribution in [3.05, 3.63) is 70.8 Å². The summed E-state index contributed by atoms with van der Waals surface area (Å²) in [6, 6.07) is 11.4. The molecule has 0 spiro atoms. The third kappa shape index (κ3) is 5.64. The minimum absolute atomic E-state index is 0.0908. The maximum absolute atomic E-state index is 14.0. The number of nitrogens with one attached hydrogen (secondary N) is 3. The quantitative estimate of drug-likeness (QED) is 0.302. The summed E-state index contributed by atoms with van der Waals surface area (Å²) in [5, 5.41) is 16.1. The summed E-state index contributed by atoms with van der Waals surface area (Å²) in [6.45, 7) is 7.97. The molecule has 9 heteroatoms. The molecule has 1 aliphatic heterocycles. The van der Waals surface area contributed by atoms with E-state index in [1.165, 1.54) is 18.2 Å². The predicted molar refractivity (Wildman–Crippen MR) is 147 cm³/mol. The van der Waals surface area contributed by atoms with Gasteiger partial charge in [-0.3, -0.25) is 9.59 Å². The van der Waals surface area contributed by atoms with Gasteiger partial charge in [0.05, 0.1) is 24.4 Å². The summed E-state index contributed by atoms with van der Waals surface area (Å²) in [6.07, 6.45) is 0.914. The largest absolute Gasteiger partial charge is 0.497 e. The molecule has 2 heterocycles. The Balaban J connectivity index is 1.74. The normalized spacial score (nSPS) is 14.5. The maximum Gasteiger partial charge on any atom is 0.256 e. The molecule has 4 N–H and O–H groups in total. The van der Waals surface area contributed by atoms with E-state index < -0.39 is 11.9 Å². The molecular weight excluding hydrogens is 487 g/mol. The highest BCUT2D eigenvalue weighted by Gasteiger charge is 2.27. The van der Waals surface area contributed by atoms with E-state index in [2.05, 4.69) is 20.5 Å². The van der Waals surface area contributed by atoms with Gasteiger partial charge in [0.2, 0.25) is 0 Å². The standard InChI is InChI=1S/C29H33FN4O4/c1-5-34(6-2)16-20(35)15-31-29(37)26-17(3)32-25(27(26)18-7-10-21(38-4)11-8-18)14-23-22-13-19(30)9-12-24(22)33-28(23)36/h7-14,20,32,35H,5-6,15-16H2,1-4H3,(H,31,37)(H,33,36)/b23-14-. The second kappa shape index (κ2) is 11.6. The molecule has 0 saturated carbocycles. The van der Waals surface area contributed by atoms with E-state index in [1.54, 1.807) is 32.2 Å². The average Bonchev–Trinajstić information content (AvgIpc) is 3.41. The molecular formula is C29H33FN4O4. The predicted octanol–water partition coefficient (Wildman–Crippen LogP) is 4.06. The highest BCUT2D eigenvalue weighted by Crippen LogP contribution is 2.37. The fraction of sp³-hybridized carbons (Fsp3) is 0.310.